The molecule has 5 nitrogen and oxygen atoms in total. The Labute approximate surface area is 174 Å². The fourth-order valence-corrected chi connectivity index (χ4v) is 8.57. The van der Waals surface area contributed by atoms with Gasteiger partial charge in [-0.15, -0.1) is 5.10 Å². The molecule has 1 heterocycles. The predicted molar refractivity (Wildman–Crippen MR) is 111 cm³/mol. The SMILES string of the molecule is CC1(O)CC[C@@]2(C)C(CC[C@H]3[C@@H]4CC[C@H](C(=O)Cc5c[nH]nn5)[C@@]4(C)CC[C@@H]32)C1. The van der Waals surface area contributed by atoms with Crippen LogP contribution in [0.2, 0.25) is 0 Å². The molecular weight excluding hydrogens is 362 g/mol. The number of carbonyl (C=O) groups excluding carboxylic acids is 1. The normalized spacial score (nSPS) is 49.2. The highest BCUT2D eigenvalue weighted by molar-refractivity contribution is 5.84. The van der Waals surface area contributed by atoms with Gasteiger partial charge < -0.3 is 5.11 Å². The van der Waals surface area contributed by atoms with Gasteiger partial charge >= 0.3 is 0 Å². The van der Waals surface area contributed by atoms with Crippen molar-refractivity contribution in [2.75, 3.05) is 0 Å². The van der Waals surface area contributed by atoms with Crippen LogP contribution in [-0.2, 0) is 11.2 Å². The van der Waals surface area contributed by atoms with E-state index < -0.39 is 5.60 Å². The van der Waals surface area contributed by atoms with E-state index in [9.17, 15) is 9.90 Å². The lowest BCUT2D eigenvalue weighted by atomic mass is 9.44. The summed E-state index contributed by atoms with van der Waals surface area (Å²) in [6, 6.07) is 0. The van der Waals surface area contributed by atoms with E-state index in [1.807, 2.05) is 6.92 Å². The number of aromatic amines is 1. The molecule has 0 aromatic carbocycles. The number of aromatic nitrogens is 3. The molecule has 4 aliphatic rings. The van der Waals surface area contributed by atoms with E-state index in [0.29, 0.717) is 29.5 Å². The minimum absolute atomic E-state index is 0.158. The molecule has 4 fully saturated rings. The molecule has 0 saturated heterocycles. The highest BCUT2D eigenvalue weighted by Gasteiger charge is 2.61. The van der Waals surface area contributed by atoms with Crippen molar-refractivity contribution in [3.8, 4) is 0 Å². The van der Waals surface area contributed by atoms with Crippen LogP contribution in [-0.4, -0.2) is 31.9 Å². The summed E-state index contributed by atoms with van der Waals surface area (Å²) in [6.45, 7) is 7.00. The van der Waals surface area contributed by atoms with Gasteiger partial charge in [0.1, 0.15) is 5.78 Å². The minimum atomic E-state index is -0.466. The van der Waals surface area contributed by atoms with Gasteiger partial charge in [-0.2, -0.15) is 0 Å². The number of aliphatic hydroxyl groups is 1. The lowest BCUT2D eigenvalue weighted by Gasteiger charge is -2.61. The topological polar surface area (TPSA) is 78.9 Å². The van der Waals surface area contributed by atoms with Crippen molar-refractivity contribution in [3.05, 3.63) is 11.9 Å². The first kappa shape index (κ1) is 19.7. The molecule has 0 radical (unpaired) electrons. The Hall–Kier alpha value is -1.23. The molecular formula is C24H37N3O2. The maximum Gasteiger partial charge on any atom is 0.142 e. The Morgan fingerprint density at radius 1 is 1.07 bits per heavy atom. The zero-order valence-corrected chi connectivity index (χ0v) is 18.3. The Balaban J connectivity index is 1.36. The number of carbonyl (C=O) groups is 1. The molecule has 4 aliphatic carbocycles. The molecule has 2 N–H and O–H groups in total. The average molecular weight is 400 g/mol. The molecule has 1 aromatic heterocycles. The Kier molecular flexibility index (Phi) is 4.51. The zero-order valence-electron chi connectivity index (χ0n) is 18.3. The van der Waals surface area contributed by atoms with Crippen molar-refractivity contribution in [1.82, 2.24) is 15.4 Å². The average Bonchev–Trinajstić information content (AvgIpc) is 3.29. The number of hydrogen-bond donors (Lipinski definition) is 2. The highest BCUT2D eigenvalue weighted by atomic mass is 16.3. The first-order valence-electron chi connectivity index (χ1n) is 11.8. The molecule has 5 rings (SSSR count). The van der Waals surface area contributed by atoms with Crippen LogP contribution in [0.15, 0.2) is 6.20 Å². The summed E-state index contributed by atoms with van der Waals surface area (Å²) in [5.74, 6) is 3.46. The second-order valence-electron chi connectivity index (χ2n) is 11.6. The van der Waals surface area contributed by atoms with Crippen LogP contribution >= 0.6 is 0 Å². The van der Waals surface area contributed by atoms with Crippen molar-refractivity contribution in [2.24, 2.45) is 40.4 Å². The maximum atomic E-state index is 13.2. The largest absolute Gasteiger partial charge is 0.390 e. The molecule has 1 aromatic rings. The van der Waals surface area contributed by atoms with Crippen LogP contribution in [0.1, 0.15) is 84.3 Å². The van der Waals surface area contributed by atoms with Gasteiger partial charge in [0.05, 0.1) is 17.7 Å². The van der Waals surface area contributed by atoms with Crippen LogP contribution in [0.3, 0.4) is 0 Å². The monoisotopic (exact) mass is 399 g/mol. The van der Waals surface area contributed by atoms with Crippen molar-refractivity contribution >= 4 is 5.78 Å². The van der Waals surface area contributed by atoms with Gasteiger partial charge in [-0.1, -0.05) is 19.1 Å². The van der Waals surface area contributed by atoms with Crippen molar-refractivity contribution < 1.29 is 9.90 Å². The third-order valence-electron chi connectivity index (χ3n) is 10.2. The molecule has 4 saturated carbocycles. The first-order chi connectivity index (χ1) is 13.7. The molecule has 29 heavy (non-hydrogen) atoms. The van der Waals surface area contributed by atoms with E-state index in [-0.39, 0.29) is 11.3 Å². The molecule has 2 unspecified atom stereocenters. The summed E-state index contributed by atoms with van der Waals surface area (Å²) >= 11 is 0. The Bertz CT molecular complexity index is 775. The first-order valence-corrected chi connectivity index (χ1v) is 11.8. The number of ketones is 1. The van der Waals surface area contributed by atoms with Crippen molar-refractivity contribution in [1.29, 1.82) is 0 Å². The third-order valence-corrected chi connectivity index (χ3v) is 10.2. The van der Waals surface area contributed by atoms with E-state index in [4.69, 9.17) is 0 Å². The fourth-order valence-electron chi connectivity index (χ4n) is 8.57. The molecule has 5 heteroatoms. The van der Waals surface area contributed by atoms with Gasteiger partial charge in [0.2, 0.25) is 0 Å². The quantitative estimate of drug-likeness (QED) is 0.793. The lowest BCUT2D eigenvalue weighted by molar-refractivity contribution is -0.150. The molecule has 0 aliphatic heterocycles. The Morgan fingerprint density at radius 3 is 2.62 bits per heavy atom. The fraction of sp³-hybridized carbons (Fsp3) is 0.875. The minimum Gasteiger partial charge on any atom is -0.390 e. The van der Waals surface area contributed by atoms with Crippen LogP contribution in [0.5, 0.6) is 0 Å². The van der Waals surface area contributed by atoms with Gasteiger partial charge in [0, 0.05) is 12.1 Å². The second kappa shape index (κ2) is 6.63. The zero-order chi connectivity index (χ0) is 20.4. The summed E-state index contributed by atoms with van der Waals surface area (Å²) in [7, 11) is 0. The van der Waals surface area contributed by atoms with E-state index >= 15 is 0 Å². The van der Waals surface area contributed by atoms with E-state index in [2.05, 4.69) is 29.3 Å². The van der Waals surface area contributed by atoms with Gasteiger partial charge in [0.15, 0.2) is 0 Å². The number of H-pyrrole nitrogens is 1. The molecule has 8 atom stereocenters. The van der Waals surface area contributed by atoms with Gasteiger partial charge in [-0.05, 0) is 99.2 Å². The van der Waals surface area contributed by atoms with Gasteiger partial charge in [-0.25, -0.2) is 0 Å². The number of nitrogens with zero attached hydrogens (tertiary/aromatic N) is 2. The maximum absolute atomic E-state index is 13.2. The van der Waals surface area contributed by atoms with E-state index in [1.165, 1.54) is 38.5 Å². The molecule has 0 spiro atoms. The summed E-state index contributed by atoms with van der Waals surface area (Å²) in [4.78, 5) is 13.2. The molecule has 160 valence electrons. The van der Waals surface area contributed by atoms with Crippen LogP contribution in [0, 0.1) is 40.4 Å². The van der Waals surface area contributed by atoms with Crippen molar-refractivity contribution in [2.45, 2.75) is 90.6 Å². The molecule has 0 amide bonds. The smallest absolute Gasteiger partial charge is 0.142 e. The van der Waals surface area contributed by atoms with Crippen LogP contribution < -0.4 is 0 Å². The third kappa shape index (κ3) is 3.02. The van der Waals surface area contributed by atoms with Crippen LogP contribution in [0.25, 0.3) is 0 Å². The lowest BCUT2D eigenvalue weighted by Crippen LogP contribution is -2.55. The predicted octanol–water partition coefficient (Wildman–Crippen LogP) is 4.33. The second-order valence-corrected chi connectivity index (χ2v) is 11.6. The number of nitrogens with one attached hydrogen (secondary N) is 1. The van der Waals surface area contributed by atoms with E-state index in [1.54, 1.807) is 6.20 Å². The van der Waals surface area contributed by atoms with E-state index in [0.717, 1.165) is 36.8 Å². The Morgan fingerprint density at radius 2 is 1.86 bits per heavy atom. The number of Topliss-reactive ketones (excluding diaryl/α,β-unsaturated/α-hetero) is 1. The van der Waals surface area contributed by atoms with Gasteiger partial charge in [0.25, 0.3) is 0 Å². The molecule has 0 bridgehead atoms. The summed E-state index contributed by atoms with van der Waals surface area (Å²) in [5.41, 5.74) is 0.852. The highest BCUT2D eigenvalue weighted by Crippen LogP contribution is 2.68. The summed E-state index contributed by atoms with van der Waals surface area (Å²) in [5, 5.41) is 21.2. The van der Waals surface area contributed by atoms with Crippen molar-refractivity contribution in [3.63, 3.8) is 0 Å². The standard InChI is InChI=1S/C24H37N3O2/c1-22(29)10-11-23(2)15(13-22)4-5-17-18-6-7-20(24(18,3)9-8-19(17)23)21(28)12-16-14-25-27-26-16/h14-15,17-20,29H,4-13H2,1-3H3,(H,25,26,27)/t15?,17-,18-,19-,20+,22?,23-,24-/m0/s1. The number of hydrogen-bond acceptors (Lipinski definition) is 4. The summed E-state index contributed by atoms with van der Waals surface area (Å²) < 4.78 is 0. The number of rotatable bonds is 3. The van der Waals surface area contributed by atoms with Crippen LogP contribution in [0.4, 0.5) is 0 Å². The van der Waals surface area contributed by atoms with Gasteiger partial charge in [-0.3, -0.25) is 9.89 Å². The number of fused-ring (bicyclic) bond motifs is 5. The summed E-state index contributed by atoms with van der Waals surface area (Å²) in [6.07, 6.45) is 12.6.